The molecular weight excluding hydrogens is 259 g/mol. The summed E-state index contributed by atoms with van der Waals surface area (Å²) in [5.41, 5.74) is 2.44. The number of hydrogen-bond donors (Lipinski definition) is 1. The lowest BCUT2D eigenvalue weighted by Crippen LogP contribution is -2.20. The molecule has 0 radical (unpaired) electrons. The van der Waals surface area contributed by atoms with E-state index in [-0.39, 0.29) is 5.88 Å². The van der Waals surface area contributed by atoms with Gasteiger partial charge in [-0.15, -0.1) is 0 Å². The molecule has 19 heavy (non-hydrogen) atoms. The topological polar surface area (TPSA) is 50.8 Å². The Hall–Kier alpha value is -2.05. The smallest absolute Gasteiger partial charge is 0.422 e. The van der Waals surface area contributed by atoms with E-state index >= 15 is 0 Å². The number of aromatic amines is 1. The summed E-state index contributed by atoms with van der Waals surface area (Å²) >= 11 is 0. The highest BCUT2D eigenvalue weighted by molar-refractivity contribution is 5.31. The minimum absolute atomic E-state index is 0.00766. The third-order valence-corrected chi connectivity index (χ3v) is 2.42. The Kier molecular flexibility index (Phi) is 3.73. The molecule has 7 heteroatoms. The number of halogens is 3. The summed E-state index contributed by atoms with van der Waals surface area (Å²) in [6.45, 7) is 0.333. The molecule has 0 bridgehead atoms. The average molecular weight is 271 g/mol. The highest BCUT2D eigenvalue weighted by atomic mass is 19.4. The second kappa shape index (κ2) is 5.29. The van der Waals surface area contributed by atoms with Gasteiger partial charge in [0.1, 0.15) is 0 Å². The number of H-pyrrole nitrogens is 1. The maximum absolute atomic E-state index is 12.0. The molecule has 2 heterocycles. The second-order valence-electron chi connectivity index (χ2n) is 4.15. The molecule has 0 spiro atoms. The standard InChI is InChI=1S/C12H12F3N3O/c1-8-2-9(3-10-5-17-18-6-10)4-16-11(8)19-7-12(13,14)15/h2,4-6H,3,7H2,1H3,(H,17,18). The van der Waals surface area contributed by atoms with Gasteiger partial charge in [0.2, 0.25) is 5.88 Å². The molecule has 0 amide bonds. The Balaban J connectivity index is 2.04. The van der Waals surface area contributed by atoms with E-state index in [1.807, 2.05) is 0 Å². The van der Waals surface area contributed by atoms with E-state index in [1.165, 1.54) is 6.20 Å². The molecule has 0 unspecified atom stereocenters. The van der Waals surface area contributed by atoms with Gasteiger partial charge in [-0.05, 0) is 24.1 Å². The molecule has 0 aromatic carbocycles. The maximum atomic E-state index is 12.0. The van der Waals surface area contributed by atoms with Crippen LogP contribution in [0.15, 0.2) is 24.7 Å². The van der Waals surface area contributed by atoms with Gasteiger partial charge in [-0.2, -0.15) is 18.3 Å². The van der Waals surface area contributed by atoms with Gasteiger partial charge < -0.3 is 4.74 Å². The highest BCUT2D eigenvalue weighted by Gasteiger charge is 2.28. The zero-order valence-corrected chi connectivity index (χ0v) is 10.2. The van der Waals surface area contributed by atoms with Gasteiger partial charge >= 0.3 is 6.18 Å². The van der Waals surface area contributed by atoms with Gasteiger partial charge in [0.15, 0.2) is 6.61 Å². The van der Waals surface area contributed by atoms with Crippen LogP contribution in [0.25, 0.3) is 0 Å². The van der Waals surface area contributed by atoms with Crippen molar-refractivity contribution >= 4 is 0 Å². The average Bonchev–Trinajstić information content (AvgIpc) is 2.79. The van der Waals surface area contributed by atoms with Crippen LogP contribution in [0.4, 0.5) is 13.2 Å². The van der Waals surface area contributed by atoms with Crippen LogP contribution >= 0.6 is 0 Å². The van der Waals surface area contributed by atoms with Crippen molar-refractivity contribution in [2.75, 3.05) is 6.61 Å². The van der Waals surface area contributed by atoms with Crippen molar-refractivity contribution in [1.82, 2.24) is 15.2 Å². The minimum atomic E-state index is -4.36. The van der Waals surface area contributed by atoms with E-state index in [4.69, 9.17) is 0 Å². The van der Waals surface area contributed by atoms with Gasteiger partial charge in [-0.25, -0.2) is 4.98 Å². The summed E-state index contributed by atoms with van der Waals surface area (Å²) in [5, 5.41) is 6.51. The van der Waals surface area contributed by atoms with E-state index in [0.29, 0.717) is 12.0 Å². The van der Waals surface area contributed by atoms with Crippen LogP contribution in [0.5, 0.6) is 5.88 Å². The van der Waals surface area contributed by atoms with Crippen molar-refractivity contribution in [3.8, 4) is 5.88 Å². The van der Waals surface area contributed by atoms with Crippen molar-refractivity contribution in [2.45, 2.75) is 19.5 Å². The molecule has 0 saturated carbocycles. The summed E-state index contributed by atoms with van der Waals surface area (Å²) in [7, 11) is 0. The number of aryl methyl sites for hydroxylation is 1. The van der Waals surface area contributed by atoms with Gasteiger partial charge in [0.05, 0.1) is 6.20 Å². The number of rotatable bonds is 4. The molecule has 1 N–H and O–H groups in total. The quantitative estimate of drug-likeness (QED) is 0.930. The number of aromatic nitrogens is 3. The SMILES string of the molecule is Cc1cc(Cc2cn[nH]c2)cnc1OCC(F)(F)F. The van der Waals surface area contributed by atoms with Crippen LogP contribution in [0.3, 0.4) is 0 Å². The van der Waals surface area contributed by atoms with Gasteiger partial charge in [-0.3, -0.25) is 5.10 Å². The number of hydrogen-bond acceptors (Lipinski definition) is 3. The number of nitrogens with one attached hydrogen (secondary N) is 1. The minimum Gasteiger partial charge on any atom is -0.468 e. The van der Waals surface area contributed by atoms with Crippen molar-refractivity contribution in [3.05, 3.63) is 41.3 Å². The van der Waals surface area contributed by atoms with E-state index < -0.39 is 12.8 Å². The Bertz CT molecular complexity index is 538. The molecule has 4 nitrogen and oxygen atoms in total. The van der Waals surface area contributed by atoms with Crippen molar-refractivity contribution in [1.29, 1.82) is 0 Å². The summed E-state index contributed by atoms with van der Waals surface area (Å²) in [6.07, 6.45) is 1.20. The van der Waals surface area contributed by atoms with E-state index in [2.05, 4.69) is 19.9 Å². The van der Waals surface area contributed by atoms with Crippen LogP contribution in [-0.2, 0) is 6.42 Å². The predicted molar refractivity (Wildman–Crippen MR) is 61.9 cm³/mol. The highest BCUT2D eigenvalue weighted by Crippen LogP contribution is 2.21. The molecule has 0 aliphatic carbocycles. The van der Waals surface area contributed by atoms with Gasteiger partial charge in [0.25, 0.3) is 0 Å². The summed E-state index contributed by atoms with van der Waals surface area (Å²) in [5.74, 6) is 0.00766. The van der Waals surface area contributed by atoms with Crippen LogP contribution in [0, 0.1) is 6.92 Å². The Labute approximate surface area is 107 Å². The Morgan fingerprint density at radius 2 is 2.05 bits per heavy atom. The molecule has 0 aliphatic rings. The van der Waals surface area contributed by atoms with E-state index in [0.717, 1.165) is 11.1 Å². The third kappa shape index (κ3) is 3.97. The molecule has 0 atom stereocenters. The number of pyridine rings is 1. The summed E-state index contributed by atoms with van der Waals surface area (Å²) in [4.78, 5) is 3.91. The van der Waals surface area contributed by atoms with Crippen molar-refractivity contribution < 1.29 is 17.9 Å². The first-order valence-corrected chi connectivity index (χ1v) is 5.57. The first-order chi connectivity index (χ1) is 8.94. The molecule has 2 aromatic rings. The maximum Gasteiger partial charge on any atom is 0.422 e. The summed E-state index contributed by atoms with van der Waals surface area (Å²) in [6, 6.07) is 1.76. The van der Waals surface area contributed by atoms with Gasteiger partial charge in [-0.1, -0.05) is 0 Å². The first kappa shape index (κ1) is 13.4. The molecule has 2 rings (SSSR count). The van der Waals surface area contributed by atoms with Gasteiger partial charge in [0, 0.05) is 24.4 Å². The molecular formula is C12H12F3N3O. The zero-order chi connectivity index (χ0) is 13.9. The van der Waals surface area contributed by atoms with Crippen LogP contribution in [0.2, 0.25) is 0 Å². The van der Waals surface area contributed by atoms with E-state index in [1.54, 1.807) is 25.4 Å². The fourth-order valence-corrected chi connectivity index (χ4v) is 1.63. The Morgan fingerprint density at radius 3 is 2.63 bits per heavy atom. The van der Waals surface area contributed by atoms with E-state index in [9.17, 15) is 13.2 Å². The third-order valence-electron chi connectivity index (χ3n) is 2.42. The fraction of sp³-hybridized carbons (Fsp3) is 0.333. The van der Waals surface area contributed by atoms with Crippen LogP contribution < -0.4 is 4.74 Å². The molecule has 0 aliphatic heterocycles. The molecule has 0 saturated heterocycles. The fourth-order valence-electron chi connectivity index (χ4n) is 1.63. The molecule has 102 valence electrons. The Morgan fingerprint density at radius 1 is 1.26 bits per heavy atom. The number of alkyl halides is 3. The first-order valence-electron chi connectivity index (χ1n) is 5.57. The van der Waals surface area contributed by atoms with Crippen LogP contribution in [0.1, 0.15) is 16.7 Å². The van der Waals surface area contributed by atoms with Crippen molar-refractivity contribution in [3.63, 3.8) is 0 Å². The largest absolute Gasteiger partial charge is 0.468 e. The lowest BCUT2D eigenvalue weighted by molar-refractivity contribution is -0.154. The normalized spacial score (nSPS) is 11.6. The monoisotopic (exact) mass is 271 g/mol. The molecule has 2 aromatic heterocycles. The zero-order valence-electron chi connectivity index (χ0n) is 10.2. The lowest BCUT2D eigenvalue weighted by atomic mass is 10.1. The summed E-state index contributed by atoms with van der Waals surface area (Å²) < 4.78 is 40.8. The van der Waals surface area contributed by atoms with Crippen LogP contribution in [-0.4, -0.2) is 28.0 Å². The lowest BCUT2D eigenvalue weighted by Gasteiger charge is -2.11. The molecule has 0 fully saturated rings. The predicted octanol–water partition coefficient (Wildman–Crippen LogP) is 2.65. The number of ether oxygens (including phenoxy) is 1. The van der Waals surface area contributed by atoms with Crippen molar-refractivity contribution in [2.24, 2.45) is 0 Å². The second-order valence-corrected chi connectivity index (χ2v) is 4.15. The number of nitrogens with zero attached hydrogens (tertiary/aromatic N) is 2.